The first-order chi connectivity index (χ1) is 13.0. The Hall–Kier alpha value is -2.18. The van der Waals surface area contributed by atoms with Crippen molar-refractivity contribution in [3.8, 4) is 0 Å². The second kappa shape index (κ2) is 8.67. The smallest absolute Gasteiger partial charge is 0.254 e. The van der Waals surface area contributed by atoms with Gasteiger partial charge in [0.15, 0.2) is 0 Å². The van der Waals surface area contributed by atoms with E-state index >= 15 is 0 Å². The fourth-order valence-corrected chi connectivity index (χ4v) is 4.63. The molecule has 0 saturated carbocycles. The van der Waals surface area contributed by atoms with Crippen molar-refractivity contribution in [2.24, 2.45) is 0 Å². The SMILES string of the molecule is CCNS(=O)(=O)c1ccc(C(=O)N2CCCCCC2c2ccccc2)cc1. The number of amides is 1. The molecule has 0 aliphatic carbocycles. The molecule has 1 fully saturated rings. The molecule has 6 heteroatoms. The van der Waals surface area contributed by atoms with Crippen molar-refractivity contribution in [3.63, 3.8) is 0 Å². The normalized spacial score (nSPS) is 18.1. The lowest BCUT2D eigenvalue weighted by molar-refractivity contribution is 0.0681. The van der Waals surface area contributed by atoms with Gasteiger partial charge in [0.25, 0.3) is 5.91 Å². The first-order valence-corrected chi connectivity index (χ1v) is 11.0. The van der Waals surface area contributed by atoms with E-state index in [1.165, 1.54) is 12.1 Å². The second-order valence-corrected chi connectivity index (χ2v) is 8.57. The van der Waals surface area contributed by atoms with E-state index in [0.717, 1.165) is 37.8 Å². The van der Waals surface area contributed by atoms with Gasteiger partial charge in [0.1, 0.15) is 0 Å². The molecule has 0 radical (unpaired) electrons. The zero-order chi connectivity index (χ0) is 19.3. The molecule has 1 atom stereocenters. The van der Waals surface area contributed by atoms with E-state index in [9.17, 15) is 13.2 Å². The van der Waals surface area contributed by atoms with E-state index in [1.54, 1.807) is 19.1 Å². The Morgan fingerprint density at radius 3 is 2.41 bits per heavy atom. The Balaban J connectivity index is 1.86. The molecule has 2 aromatic rings. The van der Waals surface area contributed by atoms with Crippen molar-refractivity contribution in [3.05, 3.63) is 65.7 Å². The number of carbonyl (C=O) groups excluding carboxylic acids is 1. The summed E-state index contributed by atoms with van der Waals surface area (Å²) in [6, 6.07) is 16.4. The monoisotopic (exact) mass is 386 g/mol. The minimum Gasteiger partial charge on any atom is -0.332 e. The summed E-state index contributed by atoms with van der Waals surface area (Å²) < 4.78 is 26.6. The number of benzene rings is 2. The third-order valence-corrected chi connectivity index (χ3v) is 6.51. The van der Waals surface area contributed by atoms with Crippen LogP contribution in [0.4, 0.5) is 0 Å². The van der Waals surface area contributed by atoms with Gasteiger partial charge in [0.05, 0.1) is 10.9 Å². The summed E-state index contributed by atoms with van der Waals surface area (Å²) in [5, 5.41) is 0. The van der Waals surface area contributed by atoms with Gasteiger partial charge in [-0.15, -0.1) is 0 Å². The van der Waals surface area contributed by atoms with Gasteiger partial charge in [-0.1, -0.05) is 50.1 Å². The molecule has 144 valence electrons. The molecule has 0 spiro atoms. The summed E-state index contributed by atoms with van der Waals surface area (Å²) in [6.07, 6.45) is 4.15. The third kappa shape index (κ3) is 4.57. The Kier molecular flexibility index (Phi) is 6.29. The highest BCUT2D eigenvalue weighted by Gasteiger charge is 2.27. The maximum absolute atomic E-state index is 13.2. The van der Waals surface area contributed by atoms with Crippen molar-refractivity contribution in [2.45, 2.75) is 43.5 Å². The third-order valence-electron chi connectivity index (χ3n) is 4.94. The average molecular weight is 387 g/mol. The van der Waals surface area contributed by atoms with E-state index in [-0.39, 0.29) is 16.8 Å². The van der Waals surface area contributed by atoms with Crippen molar-refractivity contribution in [1.29, 1.82) is 0 Å². The van der Waals surface area contributed by atoms with Gasteiger partial charge in [0.2, 0.25) is 10.0 Å². The van der Waals surface area contributed by atoms with Gasteiger partial charge >= 0.3 is 0 Å². The molecule has 2 aromatic carbocycles. The van der Waals surface area contributed by atoms with Crippen LogP contribution in [0.15, 0.2) is 59.5 Å². The molecule has 1 amide bonds. The second-order valence-electron chi connectivity index (χ2n) is 6.80. The Labute approximate surface area is 161 Å². The van der Waals surface area contributed by atoms with Crippen molar-refractivity contribution >= 4 is 15.9 Å². The number of rotatable bonds is 5. The number of sulfonamides is 1. The predicted octanol–water partition coefficient (Wildman–Crippen LogP) is 3.74. The van der Waals surface area contributed by atoms with Crippen LogP contribution < -0.4 is 4.72 Å². The topological polar surface area (TPSA) is 66.5 Å². The van der Waals surface area contributed by atoms with Gasteiger partial charge in [0, 0.05) is 18.7 Å². The first-order valence-electron chi connectivity index (χ1n) is 9.48. The molecule has 1 unspecified atom stereocenters. The fraction of sp³-hybridized carbons (Fsp3) is 0.381. The highest BCUT2D eigenvalue weighted by Crippen LogP contribution is 2.31. The van der Waals surface area contributed by atoms with E-state index < -0.39 is 10.0 Å². The summed E-state index contributed by atoms with van der Waals surface area (Å²) >= 11 is 0. The Bertz CT molecular complexity index is 864. The zero-order valence-electron chi connectivity index (χ0n) is 15.6. The van der Waals surface area contributed by atoms with Crippen LogP contribution in [0.1, 0.15) is 54.6 Å². The van der Waals surface area contributed by atoms with Crippen LogP contribution in [0.25, 0.3) is 0 Å². The zero-order valence-corrected chi connectivity index (χ0v) is 16.4. The van der Waals surface area contributed by atoms with Gasteiger partial charge in [-0.05, 0) is 42.7 Å². The number of hydrogen-bond donors (Lipinski definition) is 1. The first kappa shape index (κ1) is 19.6. The van der Waals surface area contributed by atoms with Gasteiger partial charge in [-0.3, -0.25) is 4.79 Å². The Morgan fingerprint density at radius 2 is 1.74 bits per heavy atom. The quantitative estimate of drug-likeness (QED) is 0.851. The summed E-state index contributed by atoms with van der Waals surface area (Å²) in [4.78, 5) is 15.3. The molecule has 27 heavy (non-hydrogen) atoms. The van der Waals surface area contributed by atoms with Gasteiger partial charge in [-0.2, -0.15) is 0 Å². The predicted molar refractivity (Wildman–Crippen MR) is 106 cm³/mol. The van der Waals surface area contributed by atoms with Crippen molar-refractivity contribution < 1.29 is 13.2 Å². The van der Waals surface area contributed by atoms with Crippen LogP contribution in [0.3, 0.4) is 0 Å². The summed E-state index contributed by atoms with van der Waals surface area (Å²) in [7, 11) is -3.51. The standard InChI is InChI=1S/C21H26N2O3S/c1-2-22-27(25,26)19-14-12-18(13-15-19)21(24)23-16-8-4-7-11-20(23)17-9-5-3-6-10-17/h3,5-6,9-10,12-15,20,22H,2,4,7-8,11,16H2,1H3. The number of hydrogen-bond acceptors (Lipinski definition) is 3. The molecular weight excluding hydrogens is 360 g/mol. The average Bonchev–Trinajstić information content (AvgIpc) is 2.94. The number of nitrogens with zero attached hydrogens (tertiary/aromatic N) is 1. The number of carbonyl (C=O) groups is 1. The van der Waals surface area contributed by atoms with Crippen LogP contribution in [0.2, 0.25) is 0 Å². The van der Waals surface area contributed by atoms with Crippen LogP contribution >= 0.6 is 0 Å². The molecule has 0 bridgehead atoms. The molecule has 1 saturated heterocycles. The van der Waals surface area contributed by atoms with Crippen LogP contribution in [-0.4, -0.2) is 32.3 Å². The molecule has 5 nitrogen and oxygen atoms in total. The molecule has 1 aliphatic rings. The van der Waals surface area contributed by atoms with E-state index in [2.05, 4.69) is 16.9 Å². The highest BCUT2D eigenvalue weighted by molar-refractivity contribution is 7.89. The summed E-state index contributed by atoms with van der Waals surface area (Å²) in [5.41, 5.74) is 1.67. The van der Waals surface area contributed by atoms with Crippen molar-refractivity contribution in [1.82, 2.24) is 9.62 Å². The summed E-state index contributed by atoms with van der Waals surface area (Å²) in [5.74, 6) is -0.0434. The van der Waals surface area contributed by atoms with E-state index in [4.69, 9.17) is 0 Å². The number of likely N-dealkylation sites (tertiary alicyclic amines) is 1. The molecule has 3 rings (SSSR count). The minimum atomic E-state index is -3.51. The molecule has 1 heterocycles. The van der Waals surface area contributed by atoms with E-state index in [1.807, 2.05) is 23.1 Å². The van der Waals surface area contributed by atoms with Crippen LogP contribution in [0.5, 0.6) is 0 Å². The van der Waals surface area contributed by atoms with Gasteiger partial charge in [-0.25, -0.2) is 13.1 Å². The van der Waals surface area contributed by atoms with Gasteiger partial charge < -0.3 is 4.90 Å². The van der Waals surface area contributed by atoms with E-state index in [0.29, 0.717) is 12.1 Å². The Morgan fingerprint density at radius 1 is 1.04 bits per heavy atom. The van der Waals surface area contributed by atoms with Crippen LogP contribution in [-0.2, 0) is 10.0 Å². The van der Waals surface area contributed by atoms with Crippen LogP contribution in [0, 0.1) is 0 Å². The molecule has 0 aromatic heterocycles. The highest BCUT2D eigenvalue weighted by atomic mass is 32.2. The lowest BCUT2D eigenvalue weighted by Crippen LogP contribution is -2.34. The molecule has 1 aliphatic heterocycles. The summed E-state index contributed by atoms with van der Waals surface area (Å²) in [6.45, 7) is 2.78. The largest absolute Gasteiger partial charge is 0.332 e. The lowest BCUT2D eigenvalue weighted by Gasteiger charge is -2.30. The maximum atomic E-state index is 13.2. The molecule has 1 N–H and O–H groups in total. The fourth-order valence-electron chi connectivity index (χ4n) is 3.59. The molecular formula is C21H26N2O3S. The van der Waals surface area contributed by atoms with Crippen molar-refractivity contribution in [2.75, 3.05) is 13.1 Å². The number of nitrogens with one attached hydrogen (secondary N) is 1. The minimum absolute atomic E-state index is 0.0434. The lowest BCUT2D eigenvalue weighted by atomic mass is 10.00. The maximum Gasteiger partial charge on any atom is 0.254 e.